The Hall–Kier alpha value is -0.610. The molecule has 0 aromatic carbocycles. The number of rotatable bonds is 11. The van der Waals surface area contributed by atoms with Gasteiger partial charge in [-0.2, -0.15) is 0 Å². The lowest BCUT2D eigenvalue weighted by molar-refractivity contribution is -0.121. The van der Waals surface area contributed by atoms with Gasteiger partial charge in [-0.3, -0.25) is 4.79 Å². The number of nitrogens with zero attached hydrogens (tertiary/aromatic N) is 1. The van der Waals surface area contributed by atoms with E-state index >= 15 is 0 Å². The van der Waals surface area contributed by atoms with Crippen LogP contribution in [0.5, 0.6) is 0 Å². The molecule has 0 saturated heterocycles. The average Bonchev–Trinajstić information content (AvgIpc) is 2.37. The maximum atomic E-state index is 11.5. The van der Waals surface area contributed by atoms with Gasteiger partial charge in [0.05, 0.1) is 0 Å². The Morgan fingerprint density at radius 3 is 2.56 bits per heavy atom. The van der Waals surface area contributed by atoms with Gasteiger partial charge in [0.25, 0.3) is 0 Å². The molecule has 0 saturated carbocycles. The van der Waals surface area contributed by atoms with Gasteiger partial charge in [0.15, 0.2) is 0 Å². The third kappa shape index (κ3) is 9.42. The second kappa shape index (κ2) is 11.5. The van der Waals surface area contributed by atoms with E-state index in [-0.39, 0.29) is 5.91 Å². The number of likely N-dealkylation sites (N-methyl/N-ethyl adjacent to an activating group) is 1. The van der Waals surface area contributed by atoms with Crippen LogP contribution >= 0.6 is 0 Å². The molecule has 0 aliphatic rings. The number of nitrogens with two attached hydrogens (primary N) is 1. The molecule has 3 N–H and O–H groups in total. The lowest BCUT2D eigenvalue weighted by Gasteiger charge is -2.23. The van der Waals surface area contributed by atoms with Gasteiger partial charge < -0.3 is 16.0 Å². The van der Waals surface area contributed by atoms with Crippen LogP contribution in [0.4, 0.5) is 0 Å². The number of amides is 1. The van der Waals surface area contributed by atoms with E-state index in [9.17, 15) is 4.79 Å². The number of carbonyl (C=O) groups excluding carboxylic acids is 1. The monoisotopic (exact) mass is 257 g/mol. The van der Waals surface area contributed by atoms with Crippen molar-refractivity contribution in [2.75, 3.05) is 26.7 Å². The minimum atomic E-state index is 0.181. The van der Waals surface area contributed by atoms with Crippen LogP contribution in [0.2, 0.25) is 0 Å². The summed E-state index contributed by atoms with van der Waals surface area (Å²) in [5.74, 6) is 0.181. The van der Waals surface area contributed by atoms with Crippen LogP contribution in [-0.4, -0.2) is 43.5 Å². The highest BCUT2D eigenvalue weighted by atomic mass is 16.1. The fourth-order valence-electron chi connectivity index (χ4n) is 1.78. The smallest absolute Gasteiger partial charge is 0.220 e. The van der Waals surface area contributed by atoms with E-state index in [0.29, 0.717) is 12.5 Å². The summed E-state index contributed by atoms with van der Waals surface area (Å²) in [6.07, 6.45) is 6.09. The molecule has 0 aliphatic heterocycles. The predicted octanol–water partition coefficient (Wildman–Crippen LogP) is 1.74. The number of hydrogen-bond acceptors (Lipinski definition) is 3. The Labute approximate surface area is 112 Å². The van der Waals surface area contributed by atoms with Gasteiger partial charge in [-0.1, -0.05) is 19.8 Å². The third-order valence-electron chi connectivity index (χ3n) is 3.49. The first kappa shape index (κ1) is 17.4. The number of carbonyl (C=O) groups is 1. The fraction of sp³-hybridized carbons (Fsp3) is 0.929. The molecule has 0 aromatic rings. The minimum absolute atomic E-state index is 0.181. The highest BCUT2D eigenvalue weighted by molar-refractivity contribution is 5.75. The van der Waals surface area contributed by atoms with E-state index in [0.717, 1.165) is 51.7 Å². The van der Waals surface area contributed by atoms with Crippen molar-refractivity contribution in [3.8, 4) is 0 Å². The highest BCUT2D eigenvalue weighted by Gasteiger charge is 2.06. The molecule has 0 aromatic heterocycles. The molecule has 1 amide bonds. The normalized spacial score (nSPS) is 12.7. The first-order valence-corrected chi connectivity index (χ1v) is 7.28. The molecule has 18 heavy (non-hydrogen) atoms. The van der Waals surface area contributed by atoms with E-state index in [1.807, 2.05) is 0 Å². The van der Waals surface area contributed by atoms with Gasteiger partial charge in [0.2, 0.25) is 5.91 Å². The summed E-state index contributed by atoms with van der Waals surface area (Å²) in [6.45, 7) is 6.82. The molecule has 0 aliphatic carbocycles. The highest BCUT2D eigenvalue weighted by Crippen LogP contribution is 2.02. The average molecular weight is 257 g/mol. The Bertz CT molecular complexity index is 209. The molecule has 0 rings (SSSR count). The predicted molar refractivity (Wildman–Crippen MR) is 77.5 cm³/mol. The topological polar surface area (TPSA) is 58.4 Å². The molecular formula is C14H31N3O. The summed E-state index contributed by atoms with van der Waals surface area (Å²) in [6, 6.07) is 0.582. The standard InChI is InChI=1S/C14H31N3O/c1-4-13(2)17(3)12-11-16-14(18)9-7-5-6-8-10-15/h13H,4-12,15H2,1-3H3,(H,16,18). The molecule has 0 bridgehead atoms. The van der Waals surface area contributed by atoms with Crippen LogP contribution in [0.15, 0.2) is 0 Å². The lowest BCUT2D eigenvalue weighted by Crippen LogP contribution is -2.36. The van der Waals surface area contributed by atoms with E-state index in [4.69, 9.17) is 5.73 Å². The van der Waals surface area contributed by atoms with Crippen LogP contribution in [0.25, 0.3) is 0 Å². The van der Waals surface area contributed by atoms with Gasteiger partial charge in [-0.25, -0.2) is 0 Å². The molecular weight excluding hydrogens is 226 g/mol. The van der Waals surface area contributed by atoms with Crippen molar-refractivity contribution in [2.45, 2.75) is 58.4 Å². The Kier molecular flexibility index (Phi) is 11.1. The van der Waals surface area contributed by atoms with Crippen LogP contribution in [0.1, 0.15) is 52.4 Å². The molecule has 0 spiro atoms. The molecule has 4 nitrogen and oxygen atoms in total. The number of nitrogens with one attached hydrogen (secondary N) is 1. The van der Waals surface area contributed by atoms with Crippen molar-refractivity contribution >= 4 is 5.91 Å². The van der Waals surface area contributed by atoms with E-state index < -0.39 is 0 Å². The van der Waals surface area contributed by atoms with Gasteiger partial charge in [0.1, 0.15) is 0 Å². The van der Waals surface area contributed by atoms with Crippen LogP contribution < -0.4 is 11.1 Å². The van der Waals surface area contributed by atoms with Crippen molar-refractivity contribution in [3.05, 3.63) is 0 Å². The Morgan fingerprint density at radius 1 is 1.28 bits per heavy atom. The third-order valence-corrected chi connectivity index (χ3v) is 3.49. The summed E-state index contributed by atoms with van der Waals surface area (Å²) >= 11 is 0. The summed E-state index contributed by atoms with van der Waals surface area (Å²) in [5, 5.41) is 2.98. The van der Waals surface area contributed by atoms with Crippen molar-refractivity contribution in [1.29, 1.82) is 0 Å². The molecule has 4 heteroatoms. The van der Waals surface area contributed by atoms with E-state index in [1.165, 1.54) is 0 Å². The number of unbranched alkanes of at least 4 members (excludes halogenated alkanes) is 3. The maximum absolute atomic E-state index is 11.5. The van der Waals surface area contributed by atoms with E-state index in [2.05, 4.69) is 31.1 Å². The largest absolute Gasteiger partial charge is 0.355 e. The Balaban J connectivity index is 3.42. The SMILES string of the molecule is CCC(C)N(C)CCNC(=O)CCCCCCN. The van der Waals surface area contributed by atoms with Gasteiger partial charge in [0, 0.05) is 25.6 Å². The second-order valence-electron chi connectivity index (χ2n) is 5.04. The molecule has 0 fully saturated rings. The summed E-state index contributed by atoms with van der Waals surface area (Å²) in [5.41, 5.74) is 5.42. The first-order chi connectivity index (χ1) is 8.61. The molecule has 108 valence electrons. The van der Waals surface area contributed by atoms with Crippen LogP contribution in [0.3, 0.4) is 0 Å². The van der Waals surface area contributed by atoms with Crippen LogP contribution in [0, 0.1) is 0 Å². The zero-order valence-electron chi connectivity index (χ0n) is 12.4. The minimum Gasteiger partial charge on any atom is -0.355 e. The lowest BCUT2D eigenvalue weighted by atomic mass is 10.1. The van der Waals surface area contributed by atoms with Crippen molar-refractivity contribution in [1.82, 2.24) is 10.2 Å². The maximum Gasteiger partial charge on any atom is 0.220 e. The van der Waals surface area contributed by atoms with Crippen molar-refractivity contribution in [3.63, 3.8) is 0 Å². The Morgan fingerprint density at radius 2 is 1.94 bits per heavy atom. The molecule has 1 atom stereocenters. The van der Waals surface area contributed by atoms with E-state index in [1.54, 1.807) is 0 Å². The quantitative estimate of drug-likeness (QED) is 0.554. The first-order valence-electron chi connectivity index (χ1n) is 7.28. The van der Waals surface area contributed by atoms with Crippen molar-refractivity contribution < 1.29 is 4.79 Å². The fourth-order valence-corrected chi connectivity index (χ4v) is 1.78. The molecule has 0 heterocycles. The summed E-state index contributed by atoms with van der Waals surface area (Å²) < 4.78 is 0. The van der Waals surface area contributed by atoms with Crippen LogP contribution in [-0.2, 0) is 4.79 Å². The van der Waals surface area contributed by atoms with Crippen molar-refractivity contribution in [2.24, 2.45) is 5.73 Å². The van der Waals surface area contributed by atoms with Gasteiger partial charge >= 0.3 is 0 Å². The number of hydrogen-bond donors (Lipinski definition) is 2. The second-order valence-corrected chi connectivity index (χ2v) is 5.04. The summed E-state index contributed by atoms with van der Waals surface area (Å²) in [4.78, 5) is 13.8. The van der Waals surface area contributed by atoms with Gasteiger partial charge in [-0.05, 0) is 39.8 Å². The zero-order chi connectivity index (χ0) is 13.8. The zero-order valence-corrected chi connectivity index (χ0v) is 12.4. The summed E-state index contributed by atoms with van der Waals surface area (Å²) in [7, 11) is 2.10. The molecule has 0 radical (unpaired) electrons. The molecule has 1 unspecified atom stereocenters. The van der Waals surface area contributed by atoms with Gasteiger partial charge in [-0.15, -0.1) is 0 Å².